The number of benzene rings is 1. The number of hydrogen-bond acceptors (Lipinski definition) is 4. The summed E-state index contributed by atoms with van der Waals surface area (Å²) in [6.07, 6.45) is 2.69. The average Bonchev–Trinajstić information content (AvgIpc) is 2.43. The summed E-state index contributed by atoms with van der Waals surface area (Å²) in [5.41, 5.74) is 0.922. The molecule has 6 heteroatoms. The van der Waals surface area contributed by atoms with E-state index in [1.54, 1.807) is 25.1 Å². The third-order valence-corrected chi connectivity index (χ3v) is 5.42. The van der Waals surface area contributed by atoms with Gasteiger partial charge in [-0.05, 0) is 44.2 Å². The van der Waals surface area contributed by atoms with E-state index in [0.717, 1.165) is 19.3 Å². The summed E-state index contributed by atoms with van der Waals surface area (Å²) in [5, 5.41) is 2.77. The maximum Gasteiger partial charge on any atom is 0.340 e. The second-order valence-electron chi connectivity index (χ2n) is 6.79. The smallest absolute Gasteiger partial charge is 0.340 e. The molecule has 2 amide bonds. The van der Waals surface area contributed by atoms with Gasteiger partial charge in [0.25, 0.3) is 0 Å². The second kappa shape index (κ2) is 4.57. The molecule has 3 saturated carbocycles. The van der Waals surface area contributed by atoms with Crippen LogP contribution in [0.1, 0.15) is 36.5 Å². The molecular weight excluding hydrogens is 296 g/mol. The Morgan fingerprint density at radius 3 is 2.57 bits per heavy atom. The number of hydrogen-bond donors (Lipinski definition) is 1. The van der Waals surface area contributed by atoms with Crippen LogP contribution in [0.2, 0.25) is 0 Å². The number of fused-ring (bicyclic) bond motifs is 1. The predicted molar refractivity (Wildman–Crippen MR) is 83.1 cm³/mol. The first kappa shape index (κ1) is 14.2. The number of ether oxygens (including phenoxy) is 1. The van der Waals surface area contributed by atoms with E-state index in [1.807, 2.05) is 0 Å². The summed E-state index contributed by atoms with van der Waals surface area (Å²) in [6, 6.07) is 4.35. The van der Waals surface area contributed by atoms with Crippen molar-refractivity contribution >= 4 is 29.2 Å². The number of carbonyl (C=O) groups is 3. The van der Waals surface area contributed by atoms with Gasteiger partial charge < -0.3 is 10.1 Å². The zero-order valence-electron chi connectivity index (χ0n) is 13.1. The molecule has 0 aromatic heterocycles. The van der Waals surface area contributed by atoms with Crippen LogP contribution in [0.15, 0.2) is 18.2 Å². The lowest BCUT2D eigenvalue weighted by Gasteiger charge is -2.61. The zero-order valence-corrected chi connectivity index (χ0v) is 13.1. The summed E-state index contributed by atoms with van der Waals surface area (Å²) in [6.45, 7) is 1.69. The number of para-hydroxylation sites is 1. The standard InChI is InChI=1S/C17H18N2O4/c1-9-14(20)18-12-5-3-4-11(15(21)23-2)13(12)19(9)16(22)17-6-10(7-17)8-17/h3-5,9-10H,6-8H2,1-2H3,(H,18,20). The topological polar surface area (TPSA) is 75.7 Å². The number of anilines is 2. The van der Waals surface area contributed by atoms with E-state index in [0.29, 0.717) is 22.9 Å². The molecule has 4 aliphatic rings. The number of nitrogens with one attached hydrogen (secondary N) is 1. The Morgan fingerprint density at radius 1 is 1.30 bits per heavy atom. The van der Waals surface area contributed by atoms with Crippen LogP contribution in [0.5, 0.6) is 0 Å². The molecule has 1 N–H and O–H groups in total. The molecule has 1 aliphatic heterocycles. The summed E-state index contributed by atoms with van der Waals surface area (Å²) < 4.78 is 4.84. The van der Waals surface area contributed by atoms with Crippen molar-refractivity contribution in [2.75, 3.05) is 17.3 Å². The fourth-order valence-corrected chi connectivity index (χ4v) is 4.00. The van der Waals surface area contributed by atoms with Crippen LogP contribution >= 0.6 is 0 Å². The molecule has 120 valence electrons. The van der Waals surface area contributed by atoms with Crippen LogP contribution in [-0.4, -0.2) is 30.9 Å². The van der Waals surface area contributed by atoms with Crippen molar-refractivity contribution in [1.29, 1.82) is 0 Å². The van der Waals surface area contributed by atoms with Crippen LogP contribution < -0.4 is 10.2 Å². The number of esters is 1. The predicted octanol–water partition coefficient (Wildman–Crippen LogP) is 1.95. The molecule has 1 heterocycles. The van der Waals surface area contributed by atoms with Crippen molar-refractivity contribution in [2.45, 2.75) is 32.2 Å². The first-order valence-corrected chi connectivity index (χ1v) is 7.83. The van der Waals surface area contributed by atoms with Crippen molar-refractivity contribution in [3.63, 3.8) is 0 Å². The van der Waals surface area contributed by atoms with Gasteiger partial charge in [-0.2, -0.15) is 0 Å². The van der Waals surface area contributed by atoms with Crippen molar-refractivity contribution in [3.05, 3.63) is 23.8 Å². The Bertz CT molecular complexity index is 725. The minimum Gasteiger partial charge on any atom is -0.465 e. The van der Waals surface area contributed by atoms with E-state index in [2.05, 4.69) is 5.32 Å². The number of amides is 2. The molecule has 3 fully saturated rings. The van der Waals surface area contributed by atoms with E-state index >= 15 is 0 Å². The Labute approximate surface area is 133 Å². The molecule has 0 saturated heterocycles. The summed E-state index contributed by atoms with van der Waals surface area (Å²) in [7, 11) is 1.31. The van der Waals surface area contributed by atoms with Gasteiger partial charge in [0.2, 0.25) is 11.8 Å². The minimum atomic E-state index is -0.644. The summed E-state index contributed by atoms with van der Waals surface area (Å²) in [4.78, 5) is 39.0. The lowest BCUT2D eigenvalue weighted by molar-refractivity contribution is -0.162. The van der Waals surface area contributed by atoms with E-state index in [-0.39, 0.29) is 17.2 Å². The highest BCUT2D eigenvalue weighted by molar-refractivity contribution is 6.17. The lowest BCUT2D eigenvalue weighted by Crippen LogP contribution is -2.64. The van der Waals surface area contributed by atoms with E-state index < -0.39 is 12.0 Å². The van der Waals surface area contributed by atoms with Crippen molar-refractivity contribution < 1.29 is 19.1 Å². The highest BCUT2D eigenvalue weighted by atomic mass is 16.5. The van der Waals surface area contributed by atoms with E-state index in [9.17, 15) is 14.4 Å². The maximum absolute atomic E-state index is 13.1. The lowest BCUT2D eigenvalue weighted by atomic mass is 9.44. The maximum atomic E-state index is 13.1. The molecule has 5 rings (SSSR count). The van der Waals surface area contributed by atoms with Gasteiger partial charge in [-0.3, -0.25) is 14.5 Å². The van der Waals surface area contributed by atoms with Gasteiger partial charge in [0, 0.05) is 0 Å². The quantitative estimate of drug-likeness (QED) is 0.847. The van der Waals surface area contributed by atoms with Crippen LogP contribution in [0.25, 0.3) is 0 Å². The molecule has 1 unspecified atom stereocenters. The highest BCUT2D eigenvalue weighted by Gasteiger charge is 2.63. The second-order valence-corrected chi connectivity index (χ2v) is 6.79. The molecule has 1 aromatic rings. The Kier molecular flexibility index (Phi) is 2.83. The minimum absolute atomic E-state index is 0.0417. The van der Waals surface area contributed by atoms with Crippen molar-refractivity contribution in [1.82, 2.24) is 0 Å². The highest BCUT2D eigenvalue weighted by Crippen LogP contribution is 2.65. The van der Waals surface area contributed by atoms with Crippen LogP contribution in [0.4, 0.5) is 11.4 Å². The van der Waals surface area contributed by atoms with Gasteiger partial charge >= 0.3 is 5.97 Å². The average molecular weight is 314 g/mol. The molecule has 23 heavy (non-hydrogen) atoms. The molecule has 0 radical (unpaired) electrons. The normalized spacial score (nSPS) is 30.5. The van der Waals surface area contributed by atoms with E-state index in [1.165, 1.54) is 12.0 Å². The SMILES string of the molecule is COC(=O)c1cccc2c1N(C(=O)C13CC(C1)C3)C(C)C(=O)N2. The monoisotopic (exact) mass is 314 g/mol. The van der Waals surface area contributed by atoms with Crippen LogP contribution in [0.3, 0.4) is 0 Å². The molecule has 6 nitrogen and oxygen atoms in total. The molecular formula is C17H18N2O4. The summed E-state index contributed by atoms with van der Waals surface area (Å²) >= 11 is 0. The molecule has 1 atom stereocenters. The van der Waals surface area contributed by atoms with Gasteiger partial charge in [0.15, 0.2) is 0 Å². The number of methoxy groups -OCH3 is 1. The third-order valence-electron chi connectivity index (χ3n) is 5.42. The third kappa shape index (κ3) is 1.77. The van der Waals surface area contributed by atoms with Gasteiger partial charge in [0.05, 0.1) is 29.5 Å². The Hall–Kier alpha value is -2.37. The largest absolute Gasteiger partial charge is 0.465 e. The van der Waals surface area contributed by atoms with Crippen molar-refractivity contribution in [3.8, 4) is 0 Å². The molecule has 3 aliphatic carbocycles. The Balaban J connectivity index is 1.84. The zero-order chi connectivity index (χ0) is 16.4. The van der Waals surface area contributed by atoms with E-state index in [4.69, 9.17) is 4.74 Å². The first-order valence-electron chi connectivity index (χ1n) is 7.83. The number of rotatable bonds is 2. The van der Waals surface area contributed by atoms with Gasteiger partial charge in [-0.15, -0.1) is 0 Å². The van der Waals surface area contributed by atoms with Gasteiger partial charge in [-0.25, -0.2) is 4.79 Å². The Morgan fingerprint density at radius 2 is 2.00 bits per heavy atom. The van der Waals surface area contributed by atoms with Crippen molar-refractivity contribution in [2.24, 2.45) is 11.3 Å². The fourth-order valence-electron chi connectivity index (χ4n) is 4.00. The van der Waals surface area contributed by atoms with Gasteiger partial charge in [0.1, 0.15) is 6.04 Å². The number of nitrogens with zero attached hydrogens (tertiary/aromatic N) is 1. The van der Waals surface area contributed by atoms with Crippen LogP contribution in [-0.2, 0) is 14.3 Å². The molecule has 0 spiro atoms. The van der Waals surface area contributed by atoms with Gasteiger partial charge in [-0.1, -0.05) is 6.07 Å². The number of carbonyl (C=O) groups excluding carboxylic acids is 3. The van der Waals surface area contributed by atoms with Crippen LogP contribution in [0, 0.1) is 11.3 Å². The molecule has 2 bridgehead atoms. The fraction of sp³-hybridized carbons (Fsp3) is 0.471. The summed E-state index contributed by atoms with van der Waals surface area (Å²) in [5.74, 6) is -0.136. The first-order chi connectivity index (χ1) is 11.0. The molecule has 1 aromatic carbocycles.